The summed E-state index contributed by atoms with van der Waals surface area (Å²) in [6.45, 7) is 4.55. The zero-order valence-corrected chi connectivity index (χ0v) is 12.2. The molecule has 0 aliphatic heterocycles. The zero-order valence-electron chi connectivity index (χ0n) is 12.2. The molecule has 0 spiro atoms. The number of carbonyl (C=O) groups is 1. The number of amides is 1. The van der Waals surface area contributed by atoms with Crippen molar-refractivity contribution < 1.29 is 9.18 Å². The average molecular weight is 286 g/mol. The second-order valence-corrected chi connectivity index (χ2v) is 5.03. The number of aryl methyl sites for hydroxylation is 2. The van der Waals surface area contributed by atoms with Crippen molar-refractivity contribution in [3.63, 3.8) is 0 Å². The summed E-state index contributed by atoms with van der Waals surface area (Å²) in [5.41, 5.74) is 3.96. The second kappa shape index (κ2) is 6.88. The molecule has 4 heteroatoms. The molecule has 0 aromatic heterocycles. The zero-order chi connectivity index (χ0) is 15.2. The molecule has 2 aromatic carbocycles. The molecule has 0 bridgehead atoms. The van der Waals surface area contributed by atoms with E-state index in [-0.39, 0.29) is 11.7 Å². The number of rotatable bonds is 5. The summed E-state index contributed by atoms with van der Waals surface area (Å²) in [6.07, 6.45) is 0.351. The fraction of sp³-hybridized carbons (Fsp3) is 0.235. The maximum absolute atomic E-state index is 12.7. The SMILES string of the molecule is Cc1ccc(NC(=O)CCNc2ccc(F)cc2)cc1C. The van der Waals surface area contributed by atoms with Crippen molar-refractivity contribution in [2.75, 3.05) is 17.2 Å². The molecule has 0 fully saturated rings. The minimum absolute atomic E-state index is 0.0483. The van der Waals surface area contributed by atoms with E-state index in [0.29, 0.717) is 13.0 Å². The molecule has 0 saturated heterocycles. The number of carbonyl (C=O) groups excluding carboxylic acids is 1. The molecule has 1 amide bonds. The summed E-state index contributed by atoms with van der Waals surface area (Å²) in [4.78, 5) is 11.8. The van der Waals surface area contributed by atoms with Crippen LogP contribution >= 0.6 is 0 Å². The highest BCUT2D eigenvalue weighted by Crippen LogP contribution is 2.14. The number of hydrogen-bond donors (Lipinski definition) is 2. The van der Waals surface area contributed by atoms with Gasteiger partial charge in [-0.1, -0.05) is 6.07 Å². The average Bonchev–Trinajstić information content (AvgIpc) is 2.45. The highest BCUT2D eigenvalue weighted by molar-refractivity contribution is 5.91. The summed E-state index contributed by atoms with van der Waals surface area (Å²) < 4.78 is 12.7. The number of nitrogens with one attached hydrogen (secondary N) is 2. The van der Waals surface area contributed by atoms with Crippen LogP contribution in [0, 0.1) is 19.7 Å². The lowest BCUT2D eigenvalue weighted by Crippen LogP contribution is -2.16. The Balaban J connectivity index is 1.79. The largest absolute Gasteiger partial charge is 0.385 e. The van der Waals surface area contributed by atoms with Crippen molar-refractivity contribution >= 4 is 17.3 Å². The van der Waals surface area contributed by atoms with Crippen molar-refractivity contribution in [3.8, 4) is 0 Å². The van der Waals surface area contributed by atoms with Gasteiger partial charge in [-0.05, 0) is 61.4 Å². The minimum atomic E-state index is -0.270. The first-order valence-corrected chi connectivity index (χ1v) is 6.91. The van der Waals surface area contributed by atoms with E-state index in [9.17, 15) is 9.18 Å². The first-order valence-electron chi connectivity index (χ1n) is 6.91. The Morgan fingerprint density at radius 2 is 1.67 bits per heavy atom. The predicted molar refractivity (Wildman–Crippen MR) is 84.1 cm³/mol. The van der Waals surface area contributed by atoms with Gasteiger partial charge in [0.2, 0.25) is 5.91 Å². The Kier molecular flexibility index (Phi) is 4.93. The van der Waals surface area contributed by atoms with Crippen LogP contribution in [0.2, 0.25) is 0 Å². The fourth-order valence-electron chi connectivity index (χ4n) is 1.93. The summed E-state index contributed by atoms with van der Waals surface area (Å²) in [5.74, 6) is -0.319. The van der Waals surface area contributed by atoms with Crippen LogP contribution in [0.3, 0.4) is 0 Å². The number of halogens is 1. The van der Waals surface area contributed by atoms with Crippen LogP contribution in [0.15, 0.2) is 42.5 Å². The Labute approximate surface area is 124 Å². The first-order chi connectivity index (χ1) is 10.0. The highest BCUT2D eigenvalue weighted by atomic mass is 19.1. The van der Waals surface area contributed by atoms with Crippen LogP contribution in [0.4, 0.5) is 15.8 Å². The van der Waals surface area contributed by atoms with Crippen LogP contribution in [0.5, 0.6) is 0 Å². The van der Waals surface area contributed by atoms with Gasteiger partial charge in [0, 0.05) is 24.3 Å². The third-order valence-electron chi connectivity index (χ3n) is 3.32. The van der Waals surface area contributed by atoms with Crippen LogP contribution < -0.4 is 10.6 Å². The minimum Gasteiger partial charge on any atom is -0.385 e. The molecule has 0 unspecified atom stereocenters. The summed E-state index contributed by atoms with van der Waals surface area (Å²) in [6, 6.07) is 11.9. The Morgan fingerprint density at radius 1 is 1.00 bits per heavy atom. The summed E-state index contributed by atoms with van der Waals surface area (Å²) in [5, 5.41) is 5.95. The van der Waals surface area contributed by atoms with Crippen molar-refractivity contribution in [3.05, 3.63) is 59.4 Å². The smallest absolute Gasteiger partial charge is 0.226 e. The van der Waals surface area contributed by atoms with Crippen molar-refractivity contribution in [2.24, 2.45) is 0 Å². The molecule has 0 saturated carbocycles. The van der Waals surface area contributed by atoms with E-state index >= 15 is 0 Å². The summed E-state index contributed by atoms with van der Waals surface area (Å²) >= 11 is 0. The molecular formula is C17H19FN2O. The van der Waals surface area contributed by atoms with Gasteiger partial charge >= 0.3 is 0 Å². The lowest BCUT2D eigenvalue weighted by atomic mass is 10.1. The molecule has 0 aliphatic rings. The van der Waals surface area contributed by atoms with Crippen molar-refractivity contribution in [1.82, 2.24) is 0 Å². The van der Waals surface area contributed by atoms with E-state index in [2.05, 4.69) is 10.6 Å². The fourth-order valence-corrected chi connectivity index (χ4v) is 1.93. The molecule has 21 heavy (non-hydrogen) atoms. The molecule has 2 N–H and O–H groups in total. The van der Waals surface area contributed by atoms with Gasteiger partial charge in [0.15, 0.2) is 0 Å². The van der Waals surface area contributed by atoms with E-state index in [4.69, 9.17) is 0 Å². The van der Waals surface area contributed by atoms with E-state index in [1.54, 1.807) is 12.1 Å². The molecule has 2 rings (SSSR count). The molecule has 3 nitrogen and oxygen atoms in total. The lowest BCUT2D eigenvalue weighted by molar-refractivity contribution is -0.115. The van der Waals surface area contributed by atoms with Crippen LogP contribution in [0.25, 0.3) is 0 Å². The highest BCUT2D eigenvalue weighted by Gasteiger charge is 2.03. The van der Waals surface area contributed by atoms with Gasteiger partial charge in [-0.15, -0.1) is 0 Å². The molecule has 2 aromatic rings. The third-order valence-corrected chi connectivity index (χ3v) is 3.32. The molecule has 0 atom stereocenters. The Bertz CT molecular complexity index is 623. The second-order valence-electron chi connectivity index (χ2n) is 5.03. The van der Waals surface area contributed by atoms with Gasteiger partial charge in [0.05, 0.1) is 0 Å². The standard InChI is InChI=1S/C17H19FN2O/c1-12-3-6-16(11-13(12)2)20-17(21)9-10-19-15-7-4-14(18)5-8-15/h3-8,11,19H,9-10H2,1-2H3,(H,20,21). The van der Waals surface area contributed by atoms with Crippen LogP contribution in [0.1, 0.15) is 17.5 Å². The number of hydrogen-bond acceptors (Lipinski definition) is 2. The Hall–Kier alpha value is -2.36. The van der Waals surface area contributed by atoms with E-state index in [0.717, 1.165) is 16.9 Å². The molecule has 0 heterocycles. The first kappa shape index (κ1) is 15.0. The van der Waals surface area contributed by atoms with Crippen molar-refractivity contribution in [2.45, 2.75) is 20.3 Å². The lowest BCUT2D eigenvalue weighted by Gasteiger charge is -2.09. The normalized spacial score (nSPS) is 10.2. The number of anilines is 2. The van der Waals surface area contributed by atoms with E-state index in [1.165, 1.54) is 17.7 Å². The van der Waals surface area contributed by atoms with Gasteiger partial charge < -0.3 is 10.6 Å². The monoisotopic (exact) mass is 286 g/mol. The van der Waals surface area contributed by atoms with Crippen LogP contribution in [-0.2, 0) is 4.79 Å². The molecule has 0 radical (unpaired) electrons. The predicted octanol–water partition coefficient (Wildman–Crippen LogP) is 3.88. The van der Waals surface area contributed by atoms with E-state index in [1.807, 2.05) is 32.0 Å². The third kappa shape index (κ3) is 4.60. The Morgan fingerprint density at radius 3 is 2.33 bits per heavy atom. The van der Waals surface area contributed by atoms with Gasteiger partial charge in [-0.2, -0.15) is 0 Å². The molecule has 110 valence electrons. The molecular weight excluding hydrogens is 267 g/mol. The van der Waals surface area contributed by atoms with Gasteiger partial charge in [0.25, 0.3) is 0 Å². The van der Waals surface area contributed by atoms with Gasteiger partial charge in [-0.3, -0.25) is 4.79 Å². The number of benzene rings is 2. The van der Waals surface area contributed by atoms with Crippen LogP contribution in [-0.4, -0.2) is 12.5 Å². The quantitative estimate of drug-likeness (QED) is 0.875. The molecule has 0 aliphatic carbocycles. The van der Waals surface area contributed by atoms with Crippen molar-refractivity contribution in [1.29, 1.82) is 0 Å². The van der Waals surface area contributed by atoms with E-state index < -0.39 is 0 Å². The maximum Gasteiger partial charge on any atom is 0.226 e. The van der Waals surface area contributed by atoms with Gasteiger partial charge in [0.1, 0.15) is 5.82 Å². The maximum atomic E-state index is 12.7. The topological polar surface area (TPSA) is 41.1 Å². The summed E-state index contributed by atoms with van der Waals surface area (Å²) in [7, 11) is 0. The van der Waals surface area contributed by atoms with Gasteiger partial charge in [-0.25, -0.2) is 4.39 Å².